The van der Waals surface area contributed by atoms with E-state index in [1.165, 1.54) is 4.90 Å². The van der Waals surface area contributed by atoms with Gasteiger partial charge in [-0.2, -0.15) is 5.10 Å². The minimum absolute atomic E-state index is 0.141. The maximum Gasteiger partial charge on any atom is 0.324 e. The normalized spacial score (nSPS) is 27.4. The molecule has 1 aliphatic carbocycles. The largest absolute Gasteiger partial charge is 0.337 e. The first-order chi connectivity index (χ1) is 14.9. The molecule has 9 heteroatoms. The number of hydrogen-bond donors (Lipinski definition) is 1. The molecule has 31 heavy (non-hydrogen) atoms. The predicted molar refractivity (Wildman–Crippen MR) is 111 cm³/mol. The molecule has 0 spiro atoms. The smallest absolute Gasteiger partial charge is 0.324 e. The van der Waals surface area contributed by atoms with Crippen molar-refractivity contribution in [1.82, 2.24) is 24.9 Å². The number of piperidine rings is 1. The van der Waals surface area contributed by atoms with Gasteiger partial charge in [-0.05, 0) is 38.2 Å². The van der Waals surface area contributed by atoms with E-state index < -0.39 is 12.1 Å². The fourth-order valence-electron chi connectivity index (χ4n) is 5.27. The third kappa shape index (κ3) is 3.36. The second-order valence-electron chi connectivity index (χ2n) is 8.79. The molecule has 1 saturated carbocycles. The number of aryl methyl sites for hydroxylation is 1. The van der Waals surface area contributed by atoms with Gasteiger partial charge in [0, 0.05) is 37.6 Å². The Morgan fingerprint density at radius 1 is 1.13 bits per heavy atom. The SMILES string of the molecule is Cn1nc(C(=O)N2CCC(N3C(=O)NC4CCC(F)CC4C3=O)CC2)c2ccccc21. The van der Waals surface area contributed by atoms with E-state index in [9.17, 15) is 18.8 Å². The lowest BCUT2D eigenvalue weighted by Gasteiger charge is -2.45. The second-order valence-corrected chi connectivity index (χ2v) is 8.79. The van der Waals surface area contributed by atoms with E-state index in [4.69, 9.17) is 0 Å². The van der Waals surface area contributed by atoms with Crippen LogP contribution in [0.4, 0.5) is 9.18 Å². The van der Waals surface area contributed by atoms with Crippen LogP contribution in [0.15, 0.2) is 24.3 Å². The third-order valence-electron chi connectivity index (χ3n) is 6.95. The van der Waals surface area contributed by atoms with Crippen LogP contribution in [0.1, 0.15) is 42.6 Å². The van der Waals surface area contributed by atoms with Crippen molar-refractivity contribution in [2.75, 3.05) is 13.1 Å². The van der Waals surface area contributed by atoms with Crippen molar-refractivity contribution in [3.8, 4) is 0 Å². The first-order valence-corrected chi connectivity index (χ1v) is 10.9. The molecule has 3 heterocycles. The lowest BCUT2D eigenvalue weighted by molar-refractivity contribution is -0.140. The molecule has 8 nitrogen and oxygen atoms in total. The van der Waals surface area contributed by atoms with Gasteiger partial charge in [0.15, 0.2) is 5.69 Å². The Morgan fingerprint density at radius 3 is 2.65 bits per heavy atom. The summed E-state index contributed by atoms with van der Waals surface area (Å²) in [5, 5.41) is 8.13. The fourth-order valence-corrected chi connectivity index (χ4v) is 5.27. The quantitative estimate of drug-likeness (QED) is 0.796. The lowest BCUT2D eigenvalue weighted by Crippen LogP contribution is -2.65. The highest BCUT2D eigenvalue weighted by atomic mass is 19.1. The number of urea groups is 1. The maximum atomic E-state index is 13.9. The molecule has 3 aliphatic rings. The summed E-state index contributed by atoms with van der Waals surface area (Å²) < 4.78 is 15.6. The molecule has 1 N–H and O–H groups in total. The van der Waals surface area contributed by atoms with Gasteiger partial charge in [0.2, 0.25) is 5.91 Å². The Labute approximate surface area is 179 Å². The van der Waals surface area contributed by atoms with E-state index >= 15 is 0 Å². The molecule has 1 aromatic carbocycles. The Bertz CT molecular complexity index is 1040. The van der Waals surface area contributed by atoms with Crippen LogP contribution in [0.2, 0.25) is 0 Å². The van der Waals surface area contributed by atoms with Crippen molar-refractivity contribution >= 4 is 28.7 Å². The van der Waals surface area contributed by atoms with Crippen LogP contribution in [-0.2, 0) is 11.8 Å². The summed E-state index contributed by atoms with van der Waals surface area (Å²) in [5.74, 6) is -0.894. The number of hydrogen-bond acceptors (Lipinski definition) is 4. The Hall–Kier alpha value is -2.97. The highest BCUT2D eigenvalue weighted by Crippen LogP contribution is 2.33. The summed E-state index contributed by atoms with van der Waals surface area (Å²) in [4.78, 5) is 41.8. The van der Waals surface area contributed by atoms with Crippen molar-refractivity contribution in [3.63, 3.8) is 0 Å². The van der Waals surface area contributed by atoms with Crippen LogP contribution in [0, 0.1) is 5.92 Å². The molecule has 0 radical (unpaired) electrons. The number of aromatic nitrogens is 2. The van der Waals surface area contributed by atoms with Crippen molar-refractivity contribution in [1.29, 1.82) is 0 Å². The minimum Gasteiger partial charge on any atom is -0.337 e. The number of carbonyl (C=O) groups excluding carboxylic acids is 3. The molecule has 3 unspecified atom stereocenters. The fraction of sp³-hybridized carbons (Fsp3) is 0.545. The van der Waals surface area contributed by atoms with E-state index in [0.29, 0.717) is 44.5 Å². The summed E-state index contributed by atoms with van der Waals surface area (Å²) in [6, 6.07) is 6.68. The molecular formula is C22H26FN5O3. The number of nitrogens with zero attached hydrogens (tertiary/aromatic N) is 4. The number of rotatable bonds is 2. The van der Waals surface area contributed by atoms with Crippen LogP contribution in [0.5, 0.6) is 0 Å². The zero-order valence-electron chi connectivity index (χ0n) is 17.5. The molecule has 5 rings (SSSR count). The maximum absolute atomic E-state index is 13.9. The molecular weight excluding hydrogens is 401 g/mol. The molecule has 2 aliphatic heterocycles. The number of imide groups is 1. The molecule has 3 fully saturated rings. The predicted octanol–water partition coefficient (Wildman–Crippen LogP) is 2.24. The number of amides is 4. The summed E-state index contributed by atoms with van der Waals surface area (Å²) >= 11 is 0. The zero-order valence-corrected chi connectivity index (χ0v) is 17.5. The number of alkyl halides is 1. The third-order valence-corrected chi connectivity index (χ3v) is 6.95. The van der Waals surface area contributed by atoms with Gasteiger partial charge in [-0.1, -0.05) is 18.2 Å². The van der Waals surface area contributed by atoms with E-state index in [-0.39, 0.29) is 36.3 Å². The number of benzene rings is 1. The summed E-state index contributed by atoms with van der Waals surface area (Å²) in [6.45, 7) is 0.872. The van der Waals surface area contributed by atoms with Gasteiger partial charge in [0.25, 0.3) is 5.91 Å². The van der Waals surface area contributed by atoms with Gasteiger partial charge in [-0.15, -0.1) is 0 Å². The van der Waals surface area contributed by atoms with Gasteiger partial charge in [0.1, 0.15) is 6.17 Å². The Kier molecular flexibility index (Phi) is 4.91. The van der Waals surface area contributed by atoms with Gasteiger partial charge in [0.05, 0.1) is 11.4 Å². The lowest BCUT2D eigenvalue weighted by atomic mass is 9.80. The first-order valence-electron chi connectivity index (χ1n) is 10.9. The van der Waals surface area contributed by atoms with E-state index in [1.54, 1.807) is 9.58 Å². The summed E-state index contributed by atoms with van der Waals surface area (Å²) in [5.41, 5.74) is 1.31. The van der Waals surface area contributed by atoms with Crippen molar-refractivity contribution < 1.29 is 18.8 Å². The van der Waals surface area contributed by atoms with Gasteiger partial charge < -0.3 is 10.2 Å². The van der Waals surface area contributed by atoms with E-state index in [2.05, 4.69) is 10.4 Å². The van der Waals surface area contributed by atoms with Crippen molar-refractivity contribution in [3.05, 3.63) is 30.0 Å². The Morgan fingerprint density at radius 2 is 1.87 bits per heavy atom. The van der Waals surface area contributed by atoms with Gasteiger partial charge >= 0.3 is 6.03 Å². The number of nitrogens with one attached hydrogen (secondary N) is 1. The van der Waals surface area contributed by atoms with E-state index in [1.807, 2.05) is 31.3 Å². The van der Waals surface area contributed by atoms with Crippen LogP contribution in [0.3, 0.4) is 0 Å². The zero-order chi connectivity index (χ0) is 21.7. The monoisotopic (exact) mass is 427 g/mol. The Balaban J connectivity index is 1.28. The van der Waals surface area contributed by atoms with Crippen molar-refractivity contribution in [2.45, 2.75) is 50.4 Å². The summed E-state index contributed by atoms with van der Waals surface area (Å²) in [7, 11) is 1.81. The molecule has 2 aromatic rings. The molecule has 164 valence electrons. The molecule has 3 atom stereocenters. The molecule has 1 aromatic heterocycles. The van der Waals surface area contributed by atoms with Crippen LogP contribution < -0.4 is 5.32 Å². The van der Waals surface area contributed by atoms with Crippen LogP contribution in [0.25, 0.3) is 10.9 Å². The molecule has 2 saturated heterocycles. The van der Waals surface area contributed by atoms with E-state index in [0.717, 1.165) is 10.9 Å². The van der Waals surface area contributed by atoms with Crippen LogP contribution in [-0.4, -0.2) is 68.8 Å². The second kappa shape index (κ2) is 7.62. The number of carbonyl (C=O) groups is 3. The average Bonchev–Trinajstić information content (AvgIpc) is 3.11. The van der Waals surface area contributed by atoms with Gasteiger partial charge in [-0.3, -0.25) is 19.2 Å². The standard InChI is InChI=1S/C22H26FN5O3/c1-26-18-5-3-2-4-15(18)19(25-26)21(30)27-10-8-14(9-11-27)28-20(29)16-12-13(23)6-7-17(16)24-22(28)31/h2-5,13-14,16-17H,6-12H2,1H3,(H,24,31). The first kappa shape index (κ1) is 20.0. The number of likely N-dealkylation sites (tertiary alicyclic amines) is 1. The van der Waals surface area contributed by atoms with Crippen molar-refractivity contribution in [2.24, 2.45) is 13.0 Å². The van der Waals surface area contributed by atoms with Crippen LogP contribution >= 0.6 is 0 Å². The highest BCUT2D eigenvalue weighted by molar-refractivity contribution is 6.05. The number of para-hydroxylation sites is 1. The van der Waals surface area contributed by atoms with Gasteiger partial charge in [-0.25, -0.2) is 9.18 Å². The minimum atomic E-state index is -0.991. The summed E-state index contributed by atoms with van der Waals surface area (Å²) in [6.07, 6.45) is 1.08. The highest BCUT2D eigenvalue weighted by Gasteiger charge is 2.47. The number of halogens is 1. The molecule has 0 bridgehead atoms. The topological polar surface area (TPSA) is 87.5 Å². The molecule has 4 amide bonds. The average molecular weight is 427 g/mol. The number of fused-ring (bicyclic) bond motifs is 2.